The lowest BCUT2D eigenvalue weighted by Crippen LogP contribution is -2.37. The van der Waals surface area contributed by atoms with Crippen LogP contribution < -0.4 is 0 Å². The maximum absolute atomic E-state index is 2.84. The molecule has 2 atom stereocenters. The van der Waals surface area contributed by atoms with Gasteiger partial charge in [0.2, 0.25) is 0 Å². The van der Waals surface area contributed by atoms with E-state index in [9.17, 15) is 0 Å². The summed E-state index contributed by atoms with van der Waals surface area (Å²) in [6.45, 7) is 8.44. The topological polar surface area (TPSA) is 3.24 Å². The molecule has 1 saturated heterocycles. The molecule has 0 spiro atoms. The molecular formula is C19H39N. The SMILES string of the molecule is CCCCCCCC(CCCCCC)N1CCC[C@H]1C. The molecule has 0 saturated carbocycles. The Morgan fingerprint density at radius 1 is 0.850 bits per heavy atom. The van der Waals surface area contributed by atoms with Crippen molar-refractivity contribution >= 4 is 0 Å². The monoisotopic (exact) mass is 281 g/mol. The van der Waals surface area contributed by atoms with Gasteiger partial charge in [-0.2, -0.15) is 0 Å². The van der Waals surface area contributed by atoms with Crippen LogP contribution in [0.1, 0.15) is 104 Å². The summed E-state index contributed by atoms with van der Waals surface area (Å²) >= 11 is 0. The smallest absolute Gasteiger partial charge is 0.00980 e. The summed E-state index contributed by atoms with van der Waals surface area (Å²) in [6, 6.07) is 1.74. The summed E-state index contributed by atoms with van der Waals surface area (Å²) in [5.74, 6) is 0. The van der Waals surface area contributed by atoms with Crippen LogP contribution >= 0.6 is 0 Å². The standard InChI is InChI=1S/C19H39N/c1-4-6-8-10-12-16-19(15-11-9-7-5-2)20-17-13-14-18(20)3/h18-19H,4-17H2,1-3H3/t18-,19?/m1/s1. The minimum atomic E-state index is 0.849. The van der Waals surface area contributed by atoms with E-state index in [-0.39, 0.29) is 0 Å². The third-order valence-electron chi connectivity index (χ3n) is 5.11. The number of unbranched alkanes of at least 4 members (excludes halogenated alkanes) is 7. The van der Waals surface area contributed by atoms with Gasteiger partial charge >= 0.3 is 0 Å². The largest absolute Gasteiger partial charge is 0.298 e. The second-order valence-electron chi connectivity index (χ2n) is 6.94. The minimum absolute atomic E-state index is 0.849. The lowest BCUT2D eigenvalue weighted by atomic mass is 9.99. The van der Waals surface area contributed by atoms with E-state index in [1.165, 1.54) is 90.0 Å². The van der Waals surface area contributed by atoms with E-state index in [4.69, 9.17) is 0 Å². The number of nitrogens with zero attached hydrogens (tertiary/aromatic N) is 1. The van der Waals surface area contributed by atoms with Crippen LogP contribution in [0.2, 0.25) is 0 Å². The zero-order valence-corrected chi connectivity index (χ0v) is 14.5. The Kier molecular flexibility index (Phi) is 10.4. The van der Waals surface area contributed by atoms with E-state index in [1.807, 2.05) is 0 Å². The Hall–Kier alpha value is -0.0400. The molecule has 0 N–H and O–H groups in total. The minimum Gasteiger partial charge on any atom is -0.298 e. The molecule has 0 bridgehead atoms. The highest BCUT2D eigenvalue weighted by Gasteiger charge is 2.26. The Morgan fingerprint density at radius 3 is 1.90 bits per heavy atom. The summed E-state index contributed by atoms with van der Waals surface area (Å²) in [5, 5.41) is 0. The predicted molar refractivity (Wildman–Crippen MR) is 91.3 cm³/mol. The van der Waals surface area contributed by atoms with Gasteiger partial charge in [-0.25, -0.2) is 0 Å². The first-order valence-electron chi connectivity index (χ1n) is 9.55. The fraction of sp³-hybridized carbons (Fsp3) is 1.00. The second kappa shape index (κ2) is 11.6. The first kappa shape index (κ1) is 18.0. The van der Waals surface area contributed by atoms with Gasteiger partial charge in [-0.05, 0) is 39.2 Å². The number of likely N-dealkylation sites (tertiary alicyclic amines) is 1. The second-order valence-corrected chi connectivity index (χ2v) is 6.94. The van der Waals surface area contributed by atoms with E-state index < -0.39 is 0 Å². The zero-order chi connectivity index (χ0) is 14.6. The Labute approximate surface area is 128 Å². The normalized spacial score (nSPS) is 21.4. The summed E-state index contributed by atoms with van der Waals surface area (Å²) < 4.78 is 0. The third-order valence-corrected chi connectivity index (χ3v) is 5.11. The van der Waals surface area contributed by atoms with Crippen molar-refractivity contribution in [1.82, 2.24) is 4.90 Å². The molecule has 1 heterocycles. The highest BCUT2D eigenvalue weighted by atomic mass is 15.2. The van der Waals surface area contributed by atoms with Gasteiger partial charge in [0.1, 0.15) is 0 Å². The Balaban J connectivity index is 2.26. The van der Waals surface area contributed by atoms with Crippen molar-refractivity contribution in [2.24, 2.45) is 0 Å². The summed E-state index contributed by atoms with van der Waals surface area (Å²) in [7, 11) is 0. The van der Waals surface area contributed by atoms with Crippen LogP contribution in [-0.2, 0) is 0 Å². The van der Waals surface area contributed by atoms with E-state index in [0.717, 1.165) is 12.1 Å². The van der Waals surface area contributed by atoms with Crippen LogP contribution in [-0.4, -0.2) is 23.5 Å². The fourth-order valence-corrected chi connectivity index (χ4v) is 3.76. The first-order valence-corrected chi connectivity index (χ1v) is 9.55. The maximum atomic E-state index is 2.84. The van der Waals surface area contributed by atoms with Crippen molar-refractivity contribution in [2.45, 2.75) is 116 Å². The van der Waals surface area contributed by atoms with Gasteiger partial charge in [0.15, 0.2) is 0 Å². The molecule has 0 radical (unpaired) electrons. The molecule has 1 heteroatoms. The average molecular weight is 282 g/mol. The van der Waals surface area contributed by atoms with Gasteiger partial charge in [-0.15, -0.1) is 0 Å². The van der Waals surface area contributed by atoms with Crippen molar-refractivity contribution in [1.29, 1.82) is 0 Å². The maximum Gasteiger partial charge on any atom is 0.00980 e. The predicted octanol–water partition coefficient (Wildman–Crippen LogP) is 6.17. The Bertz CT molecular complexity index is 214. The molecule has 0 amide bonds. The molecule has 0 aromatic carbocycles. The molecule has 1 aliphatic heterocycles. The van der Waals surface area contributed by atoms with E-state index in [0.29, 0.717) is 0 Å². The van der Waals surface area contributed by atoms with E-state index in [2.05, 4.69) is 25.7 Å². The molecule has 1 nitrogen and oxygen atoms in total. The summed E-state index contributed by atoms with van der Waals surface area (Å²) in [6.07, 6.45) is 18.6. The van der Waals surface area contributed by atoms with Crippen LogP contribution in [0, 0.1) is 0 Å². The lowest BCUT2D eigenvalue weighted by Gasteiger charge is -2.32. The van der Waals surface area contributed by atoms with Gasteiger partial charge in [0.05, 0.1) is 0 Å². The molecule has 0 aromatic heterocycles. The first-order chi connectivity index (χ1) is 9.79. The van der Waals surface area contributed by atoms with Gasteiger partial charge in [-0.1, -0.05) is 71.6 Å². The van der Waals surface area contributed by atoms with Crippen molar-refractivity contribution in [3.05, 3.63) is 0 Å². The van der Waals surface area contributed by atoms with Crippen LogP contribution in [0.5, 0.6) is 0 Å². The molecule has 0 aromatic rings. The summed E-state index contributed by atoms with van der Waals surface area (Å²) in [4.78, 5) is 2.84. The van der Waals surface area contributed by atoms with Crippen LogP contribution in [0.25, 0.3) is 0 Å². The van der Waals surface area contributed by atoms with Gasteiger partial charge in [0, 0.05) is 12.1 Å². The fourth-order valence-electron chi connectivity index (χ4n) is 3.76. The highest BCUT2D eigenvalue weighted by molar-refractivity contribution is 4.82. The zero-order valence-electron chi connectivity index (χ0n) is 14.5. The third kappa shape index (κ3) is 7.11. The Morgan fingerprint density at radius 2 is 1.40 bits per heavy atom. The number of hydrogen-bond acceptors (Lipinski definition) is 1. The molecule has 20 heavy (non-hydrogen) atoms. The van der Waals surface area contributed by atoms with Gasteiger partial charge < -0.3 is 0 Å². The quantitative estimate of drug-likeness (QED) is 0.387. The summed E-state index contributed by atoms with van der Waals surface area (Å²) in [5.41, 5.74) is 0. The number of hydrogen-bond donors (Lipinski definition) is 0. The highest BCUT2D eigenvalue weighted by Crippen LogP contribution is 2.26. The van der Waals surface area contributed by atoms with E-state index >= 15 is 0 Å². The number of rotatable bonds is 12. The van der Waals surface area contributed by atoms with E-state index in [1.54, 1.807) is 0 Å². The molecule has 120 valence electrons. The molecule has 1 rings (SSSR count). The van der Waals surface area contributed by atoms with Crippen LogP contribution in [0.4, 0.5) is 0 Å². The molecule has 1 aliphatic rings. The lowest BCUT2D eigenvalue weighted by molar-refractivity contribution is 0.164. The van der Waals surface area contributed by atoms with Crippen LogP contribution in [0.3, 0.4) is 0 Å². The van der Waals surface area contributed by atoms with Crippen molar-refractivity contribution in [3.63, 3.8) is 0 Å². The van der Waals surface area contributed by atoms with Crippen molar-refractivity contribution < 1.29 is 0 Å². The van der Waals surface area contributed by atoms with Gasteiger partial charge in [0.25, 0.3) is 0 Å². The van der Waals surface area contributed by atoms with Crippen molar-refractivity contribution in [3.8, 4) is 0 Å². The van der Waals surface area contributed by atoms with Gasteiger partial charge in [-0.3, -0.25) is 4.90 Å². The molecule has 1 unspecified atom stereocenters. The molecule has 0 aliphatic carbocycles. The average Bonchev–Trinajstić information content (AvgIpc) is 2.87. The molecule has 1 fully saturated rings. The molecular weight excluding hydrogens is 242 g/mol. The van der Waals surface area contributed by atoms with Crippen LogP contribution in [0.15, 0.2) is 0 Å². The van der Waals surface area contributed by atoms with Crippen molar-refractivity contribution in [2.75, 3.05) is 6.54 Å².